The Balaban J connectivity index is 1.83. The normalized spacial score (nSPS) is 12.0. The van der Waals surface area contributed by atoms with Crippen molar-refractivity contribution in [1.82, 2.24) is 9.55 Å². The number of carbonyl (C=O) groups is 1. The molecule has 5 nitrogen and oxygen atoms in total. The van der Waals surface area contributed by atoms with Gasteiger partial charge in [0.1, 0.15) is 6.10 Å². The van der Waals surface area contributed by atoms with Gasteiger partial charge in [-0.1, -0.05) is 74.7 Å². The van der Waals surface area contributed by atoms with Crippen LogP contribution in [0.4, 0.5) is 4.79 Å². The second-order valence-electron chi connectivity index (χ2n) is 6.75. The number of unbranched alkanes of at least 4 members (excludes halogenated alkanes) is 6. The highest BCUT2D eigenvalue weighted by molar-refractivity contribution is 6.35. The van der Waals surface area contributed by atoms with E-state index in [-0.39, 0.29) is 0 Å². The lowest BCUT2D eigenvalue weighted by Crippen LogP contribution is -2.18. The van der Waals surface area contributed by atoms with Crippen molar-refractivity contribution in [3.8, 4) is 0 Å². The Morgan fingerprint density at radius 1 is 1.14 bits per heavy atom. The summed E-state index contributed by atoms with van der Waals surface area (Å²) < 4.78 is 12.6. The van der Waals surface area contributed by atoms with Crippen molar-refractivity contribution in [2.24, 2.45) is 0 Å². The van der Waals surface area contributed by atoms with E-state index >= 15 is 0 Å². The van der Waals surface area contributed by atoms with Crippen molar-refractivity contribution in [2.45, 2.75) is 64.5 Å². The van der Waals surface area contributed by atoms with Gasteiger partial charge in [-0.15, -0.1) is 0 Å². The maximum Gasteiger partial charge on any atom is 0.508 e. The zero-order valence-corrected chi connectivity index (χ0v) is 17.8. The molecule has 0 N–H and O–H groups in total. The number of carbonyl (C=O) groups excluding carboxylic acids is 1. The van der Waals surface area contributed by atoms with Crippen LogP contribution in [-0.2, 0) is 16.0 Å². The summed E-state index contributed by atoms with van der Waals surface area (Å²) in [5.41, 5.74) is 0.674. The smallest absolute Gasteiger partial charge is 0.434 e. The minimum absolute atomic E-state index is 0.360. The van der Waals surface area contributed by atoms with Crippen molar-refractivity contribution in [2.75, 3.05) is 6.61 Å². The van der Waals surface area contributed by atoms with E-state index in [1.54, 1.807) is 36.9 Å². The highest BCUT2D eigenvalue weighted by Crippen LogP contribution is 2.30. The van der Waals surface area contributed by atoms with Gasteiger partial charge in [0.05, 0.1) is 19.5 Å². The largest absolute Gasteiger partial charge is 0.508 e. The molecule has 28 heavy (non-hydrogen) atoms. The molecule has 0 saturated carbocycles. The van der Waals surface area contributed by atoms with Crippen LogP contribution in [0.2, 0.25) is 10.0 Å². The van der Waals surface area contributed by atoms with E-state index in [9.17, 15) is 4.79 Å². The first-order valence-electron chi connectivity index (χ1n) is 9.84. The number of hydrogen-bond donors (Lipinski definition) is 0. The van der Waals surface area contributed by atoms with E-state index in [1.165, 1.54) is 32.1 Å². The van der Waals surface area contributed by atoms with Gasteiger partial charge in [-0.05, 0) is 18.6 Å². The summed E-state index contributed by atoms with van der Waals surface area (Å²) >= 11 is 12.3. The van der Waals surface area contributed by atoms with Gasteiger partial charge in [-0.2, -0.15) is 0 Å². The molecular weight excluding hydrogens is 399 g/mol. The number of benzene rings is 1. The molecule has 0 aliphatic heterocycles. The van der Waals surface area contributed by atoms with Crippen LogP contribution in [0.25, 0.3) is 0 Å². The predicted molar refractivity (Wildman–Crippen MR) is 112 cm³/mol. The first kappa shape index (κ1) is 22.6. The third-order valence-corrected chi connectivity index (χ3v) is 5.01. The van der Waals surface area contributed by atoms with E-state index in [0.717, 1.165) is 12.8 Å². The lowest BCUT2D eigenvalue weighted by atomic mass is 10.1. The quantitative estimate of drug-likeness (QED) is 0.275. The Bertz CT molecular complexity index is 708. The average molecular weight is 427 g/mol. The van der Waals surface area contributed by atoms with Crippen molar-refractivity contribution >= 4 is 29.4 Å². The lowest BCUT2D eigenvalue weighted by Gasteiger charge is -2.19. The fourth-order valence-electron chi connectivity index (χ4n) is 2.91. The molecule has 2 aromatic rings. The summed E-state index contributed by atoms with van der Waals surface area (Å²) in [6, 6.07) is 5.11. The number of ether oxygens (including phenoxy) is 2. The molecule has 1 unspecified atom stereocenters. The first-order chi connectivity index (χ1) is 13.6. The van der Waals surface area contributed by atoms with Crippen molar-refractivity contribution < 1.29 is 14.3 Å². The van der Waals surface area contributed by atoms with E-state index < -0.39 is 12.3 Å². The zero-order valence-electron chi connectivity index (χ0n) is 16.3. The van der Waals surface area contributed by atoms with E-state index in [1.807, 2.05) is 4.57 Å². The molecule has 1 heterocycles. The third kappa shape index (κ3) is 8.11. The monoisotopic (exact) mass is 426 g/mol. The molecule has 2 rings (SSSR count). The maximum absolute atomic E-state index is 12.2. The average Bonchev–Trinajstić information content (AvgIpc) is 3.16. The van der Waals surface area contributed by atoms with E-state index in [0.29, 0.717) is 28.8 Å². The minimum Gasteiger partial charge on any atom is -0.434 e. The maximum atomic E-state index is 12.2. The molecule has 154 valence electrons. The summed E-state index contributed by atoms with van der Waals surface area (Å²) in [6.07, 6.45) is 11.9. The molecule has 1 atom stereocenters. The second-order valence-corrected chi connectivity index (χ2v) is 7.60. The van der Waals surface area contributed by atoms with Crippen molar-refractivity contribution in [1.29, 1.82) is 0 Å². The van der Waals surface area contributed by atoms with Gasteiger partial charge in [0.15, 0.2) is 0 Å². The van der Waals surface area contributed by atoms with Crippen molar-refractivity contribution in [3.05, 3.63) is 52.5 Å². The summed E-state index contributed by atoms with van der Waals surface area (Å²) in [7, 11) is 0. The van der Waals surface area contributed by atoms with Gasteiger partial charge >= 0.3 is 6.16 Å². The SMILES string of the molecule is CCCCCCCCCOC(=O)OC(Cn1ccnc1)c1ccc(Cl)cc1Cl. The lowest BCUT2D eigenvalue weighted by molar-refractivity contribution is 0.0162. The Morgan fingerprint density at radius 2 is 1.89 bits per heavy atom. The number of halogens is 2. The summed E-state index contributed by atoms with van der Waals surface area (Å²) in [5, 5.41) is 0.967. The number of rotatable bonds is 12. The molecule has 1 aromatic heterocycles. The van der Waals surface area contributed by atoms with Crippen LogP contribution in [0.15, 0.2) is 36.9 Å². The number of nitrogens with zero attached hydrogens (tertiary/aromatic N) is 2. The van der Waals surface area contributed by atoms with Crippen LogP contribution in [0, 0.1) is 0 Å². The Hall–Kier alpha value is -1.72. The van der Waals surface area contributed by atoms with Gasteiger partial charge in [0.25, 0.3) is 0 Å². The van der Waals surface area contributed by atoms with Gasteiger partial charge < -0.3 is 14.0 Å². The number of hydrogen-bond acceptors (Lipinski definition) is 4. The molecular formula is C21H28Cl2N2O3. The molecule has 7 heteroatoms. The first-order valence-corrected chi connectivity index (χ1v) is 10.6. The topological polar surface area (TPSA) is 53.4 Å². The molecule has 0 fully saturated rings. The fourth-order valence-corrected chi connectivity index (χ4v) is 3.44. The van der Waals surface area contributed by atoms with Gasteiger partial charge in [0, 0.05) is 28.0 Å². The Kier molecular flexibility index (Phi) is 10.2. The summed E-state index contributed by atoms with van der Waals surface area (Å²) in [4.78, 5) is 16.2. The Labute approximate surface area is 177 Å². The highest BCUT2D eigenvalue weighted by Gasteiger charge is 2.21. The standard InChI is InChI=1S/C21H28Cl2N2O3/c1-2-3-4-5-6-7-8-13-27-21(26)28-20(15-25-12-11-24-16-25)18-10-9-17(22)14-19(18)23/h9-12,14,16,20H,2-8,13,15H2,1H3. The van der Waals surface area contributed by atoms with Gasteiger partial charge in [-0.3, -0.25) is 0 Å². The molecule has 0 bridgehead atoms. The summed E-state index contributed by atoms with van der Waals surface area (Å²) in [6.45, 7) is 2.95. The molecule has 0 aliphatic rings. The summed E-state index contributed by atoms with van der Waals surface area (Å²) in [5.74, 6) is 0. The Morgan fingerprint density at radius 3 is 2.57 bits per heavy atom. The molecule has 0 saturated heterocycles. The van der Waals surface area contributed by atoms with Crippen LogP contribution >= 0.6 is 23.2 Å². The zero-order chi connectivity index (χ0) is 20.2. The predicted octanol–water partition coefficient (Wildman–Crippen LogP) is 6.84. The molecule has 0 aliphatic carbocycles. The number of aromatic nitrogens is 2. The van der Waals surface area contributed by atoms with Crippen LogP contribution < -0.4 is 0 Å². The number of imidazole rings is 1. The molecule has 0 spiro atoms. The molecule has 1 aromatic carbocycles. The minimum atomic E-state index is -0.692. The van der Waals surface area contributed by atoms with E-state index in [2.05, 4.69) is 11.9 Å². The second kappa shape index (κ2) is 12.7. The van der Waals surface area contributed by atoms with Crippen LogP contribution in [0.1, 0.15) is 63.5 Å². The van der Waals surface area contributed by atoms with Crippen LogP contribution in [-0.4, -0.2) is 22.3 Å². The van der Waals surface area contributed by atoms with Crippen LogP contribution in [0.5, 0.6) is 0 Å². The van der Waals surface area contributed by atoms with Crippen LogP contribution in [0.3, 0.4) is 0 Å². The highest BCUT2D eigenvalue weighted by atomic mass is 35.5. The van der Waals surface area contributed by atoms with Crippen molar-refractivity contribution in [3.63, 3.8) is 0 Å². The molecule has 0 radical (unpaired) electrons. The van der Waals surface area contributed by atoms with Gasteiger partial charge in [-0.25, -0.2) is 9.78 Å². The van der Waals surface area contributed by atoms with Gasteiger partial charge in [0.2, 0.25) is 0 Å². The third-order valence-electron chi connectivity index (χ3n) is 4.45. The molecule has 0 amide bonds. The van der Waals surface area contributed by atoms with E-state index in [4.69, 9.17) is 32.7 Å². The fraction of sp³-hybridized carbons (Fsp3) is 0.524.